The van der Waals surface area contributed by atoms with Gasteiger partial charge in [0.15, 0.2) is 0 Å². The first-order chi connectivity index (χ1) is 40.2. The van der Waals surface area contributed by atoms with Crippen LogP contribution in [0.1, 0.15) is 277 Å². The van der Waals surface area contributed by atoms with Crippen LogP contribution in [-0.4, -0.2) is 136 Å². The van der Waals surface area contributed by atoms with E-state index in [9.17, 15) is 52.7 Å². The van der Waals surface area contributed by atoms with Crippen LogP contribution in [0.4, 0.5) is 4.79 Å². The minimum Gasteiger partial charge on any atom is -0.480 e. The summed E-state index contributed by atoms with van der Waals surface area (Å²) >= 11 is 0. The molecule has 6 amide bonds. The third-order valence-electron chi connectivity index (χ3n) is 12.7. The number of hydrogen-bond donors (Lipinski definition) is 7. The zero-order valence-corrected chi connectivity index (χ0v) is 55.8. The number of alkyl carbamates (subject to hydrolysis) is 1. The molecule has 7 N–H and O–H groups in total. The molecule has 1 unspecified atom stereocenters. The van der Waals surface area contributed by atoms with Crippen LogP contribution in [0, 0.1) is 0 Å². The van der Waals surface area contributed by atoms with Gasteiger partial charge in [-0.15, -0.1) is 0 Å². The van der Waals surface area contributed by atoms with Crippen LogP contribution >= 0.6 is 0 Å². The molecule has 4 atom stereocenters. The molecule has 0 heterocycles. The number of unbranched alkanes of at least 4 members (excludes halogenated alkanes) is 16. The van der Waals surface area contributed by atoms with Gasteiger partial charge in [-0.3, -0.25) is 33.6 Å². The molecule has 0 rings (SSSR count). The van der Waals surface area contributed by atoms with Crippen LogP contribution in [0.2, 0.25) is 0 Å². The third kappa shape index (κ3) is 48.6. The predicted octanol–water partition coefficient (Wildman–Crippen LogP) is 9.55. The van der Waals surface area contributed by atoms with Crippen molar-refractivity contribution in [3.8, 4) is 0 Å². The second-order valence-corrected chi connectivity index (χ2v) is 27.5. The molecule has 0 aromatic heterocycles. The van der Waals surface area contributed by atoms with Crippen LogP contribution in [0.3, 0.4) is 0 Å². The SMILES string of the molecule is CC(C)(C)OC(=O)CCCCCCCCCCCCCCCCCCC(=O)N[C@@H](CCC(=O)N[C@@H](CCC(=O)NC(CCC(=O)NCCCC[C@H](NC(=O)OC(C)(C)C)C(=O)NCC(=O)O)C(=O)OC(C)(C)C)C(=O)OC(C)(C)C)C(=O)OC(C)(C)C. The Balaban J connectivity index is 5.33. The number of carbonyl (C=O) groups excluding carboxylic acids is 10. The molecule has 23 heteroatoms. The largest absolute Gasteiger partial charge is 0.480 e. The van der Waals surface area contributed by atoms with Gasteiger partial charge in [0.25, 0.3) is 0 Å². The third-order valence-corrected chi connectivity index (χ3v) is 12.7. The Morgan fingerprint density at radius 1 is 0.322 bits per heavy atom. The fourth-order valence-electron chi connectivity index (χ4n) is 8.71. The monoisotopic (exact) mass is 1240 g/mol. The Bertz CT molecular complexity index is 2130. The Morgan fingerprint density at radius 2 is 0.644 bits per heavy atom. The van der Waals surface area contributed by atoms with Crippen LogP contribution in [0.5, 0.6) is 0 Å². The Morgan fingerprint density at radius 3 is 0.989 bits per heavy atom. The smallest absolute Gasteiger partial charge is 0.408 e. The first-order valence-electron chi connectivity index (χ1n) is 31.8. The highest BCUT2D eigenvalue weighted by atomic mass is 16.6. The maximum absolute atomic E-state index is 13.5. The second kappa shape index (κ2) is 42.0. The van der Waals surface area contributed by atoms with Crippen molar-refractivity contribution < 1.29 is 81.5 Å². The van der Waals surface area contributed by atoms with Gasteiger partial charge in [-0.05, 0) is 155 Å². The standard InChI is InChI=1S/C64H114N6O17/c1-60(2,3)83-54(77)36-31-29-27-25-23-21-19-17-16-18-20-22-24-26-28-30-35-50(72)67-47(57(80)85-62(7,8)9)38-41-52(74)69-48(58(81)86-63(10,11)12)39-42-51(73)68-46(56(79)84-61(4,5)6)37-40-49(71)65-43-33-32-34-45(55(78)66-44-53(75)76)70-59(82)87-64(13,14)15/h45-48H,16-44H2,1-15H3,(H,65,71)(H,66,78)(H,67,72)(H,68,73)(H,69,74)(H,70,82)(H,75,76)/t45-,46?,47-,48-/m0/s1. The molecule has 0 spiro atoms. The lowest BCUT2D eigenvalue weighted by Gasteiger charge is -2.26. The number of rotatable bonds is 43. The lowest BCUT2D eigenvalue weighted by Crippen LogP contribution is -2.49. The highest BCUT2D eigenvalue weighted by Gasteiger charge is 2.33. The van der Waals surface area contributed by atoms with Crippen molar-refractivity contribution in [1.82, 2.24) is 31.9 Å². The van der Waals surface area contributed by atoms with Gasteiger partial charge in [-0.25, -0.2) is 19.2 Å². The van der Waals surface area contributed by atoms with E-state index in [1.165, 1.54) is 51.4 Å². The first kappa shape index (κ1) is 81.0. The molecule has 23 nitrogen and oxygen atoms in total. The number of hydrogen-bond acceptors (Lipinski definition) is 16. The average Bonchev–Trinajstić information content (AvgIpc) is 3.44. The number of carbonyl (C=O) groups is 11. The summed E-state index contributed by atoms with van der Waals surface area (Å²) in [5.74, 6) is -6.67. The van der Waals surface area contributed by atoms with E-state index in [1.54, 1.807) is 83.1 Å². The van der Waals surface area contributed by atoms with Gasteiger partial charge in [0.05, 0.1) is 0 Å². The van der Waals surface area contributed by atoms with Crippen LogP contribution < -0.4 is 31.9 Å². The van der Waals surface area contributed by atoms with Crippen molar-refractivity contribution in [3.05, 3.63) is 0 Å². The molecule has 87 heavy (non-hydrogen) atoms. The van der Waals surface area contributed by atoms with Crippen molar-refractivity contribution in [1.29, 1.82) is 0 Å². The van der Waals surface area contributed by atoms with Crippen LogP contribution in [0.25, 0.3) is 0 Å². The van der Waals surface area contributed by atoms with E-state index in [0.29, 0.717) is 25.7 Å². The van der Waals surface area contributed by atoms with Gasteiger partial charge in [0.2, 0.25) is 29.5 Å². The summed E-state index contributed by atoms with van der Waals surface area (Å²) < 4.78 is 27.3. The van der Waals surface area contributed by atoms with Gasteiger partial charge < -0.3 is 60.7 Å². The van der Waals surface area contributed by atoms with E-state index in [4.69, 9.17) is 28.8 Å². The van der Waals surface area contributed by atoms with Crippen LogP contribution in [-0.2, 0) is 71.6 Å². The number of aliphatic carboxylic acids is 1. The molecule has 0 aliphatic rings. The van der Waals surface area contributed by atoms with Crippen molar-refractivity contribution in [2.24, 2.45) is 0 Å². The van der Waals surface area contributed by atoms with Crippen molar-refractivity contribution in [3.63, 3.8) is 0 Å². The van der Waals surface area contributed by atoms with Crippen molar-refractivity contribution in [2.75, 3.05) is 13.1 Å². The number of carboxylic acids is 1. The lowest BCUT2D eigenvalue weighted by atomic mass is 10.0. The maximum Gasteiger partial charge on any atom is 0.408 e. The van der Waals surface area contributed by atoms with Crippen LogP contribution in [0.15, 0.2) is 0 Å². The fourth-order valence-corrected chi connectivity index (χ4v) is 8.71. The van der Waals surface area contributed by atoms with Gasteiger partial charge in [-0.2, -0.15) is 0 Å². The zero-order chi connectivity index (χ0) is 66.4. The number of amides is 6. The second-order valence-electron chi connectivity index (χ2n) is 27.5. The quantitative estimate of drug-likeness (QED) is 0.0170. The summed E-state index contributed by atoms with van der Waals surface area (Å²) in [7, 11) is 0. The minimum atomic E-state index is -1.34. The molecule has 0 aromatic carbocycles. The minimum absolute atomic E-state index is 0.0920. The highest BCUT2D eigenvalue weighted by molar-refractivity contribution is 5.89. The lowest BCUT2D eigenvalue weighted by molar-refractivity contribution is -0.160. The van der Waals surface area contributed by atoms with Gasteiger partial charge >= 0.3 is 35.9 Å². The molecule has 0 saturated heterocycles. The van der Waals surface area contributed by atoms with Gasteiger partial charge in [-0.1, -0.05) is 89.9 Å². The van der Waals surface area contributed by atoms with E-state index in [2.05, 4.69) is 31.9 Å². The topological polar surface area (TPSA) is 326 Å². The normalized spacial score (nSPS) is 13.3. The summed E-state index contributed by atoms with van der Waals surface area (Å²) in [5, 5.41) is 24.4. The van der Waals surface area contributed by atoms with Crippen molar-refractivity contribution in [2.45, 2.75) is 329 Å². The number of ether oxygens (including phenoxy) is 5. The number of esters is 4. The zero-order valence-electron chi connectivity index (χ0n) is 55.8. The molecular formula is C64H114N6O17. The molecule has 0 bridgehead atoms. The molecule has 0 aliphatic carbocycles. The molecular weight excluding hydrogens is 1120 g/mol. The maximum atomic E-state index is 13.5. The molecule has 0 saturated carbocycles. The average molecular weight is 1240 g/mol. The highest BCUT2D eigenvalue weighted by Crippen LogP contribution is 2.19. The number of nitrogens with one attached hydrogen (secondary N) is 6. The summed E-state index contributed by atoms with van der Waals surface area (Å²) in [6.45, 7) is 25.0. The van der Waals surface area contributed by atoms with E-state index >= 15 is 0 Å². The van der Waals surface area contributed by atoms with E-state index in [1.807, 2.05) is 20.8 Å². The van der Waals surface area contributed by atoms with Crippen molar-refractivity contribution >= 4 is 65.5 Å². The Kier molecular flexibility index (Phi) is 39.1. The summed E-state index contributed by atoms with van der Waals surface area (Å²) in [5.41, 5.74) is -4.11. The van der Waals surface area contributed by atoms with E-state index in [0.717, 1.165) is 44.9 Å². The molecule has 502 valence electrons. The molecule has 0 aliphatic heterocycles. The van der Waals surface area contributed by atoms with E-state index in [-0.39, 0.29) is 69.8 Å². The summed E-state index contributed by atoms with van der Waals surface area (Å²) in [6, 6.07) is -4.91. The molecule has 0 aromatic rings. The summed E-state index contributed by atoms with van der Waals surface area (Å²) in [4.78, 5) is 141. The molecule has 0 radical (unpaired) electrons. The first-order valence-corrected chi connectivity index (χ1v) is 31.8. The predicted molar refractivity (Wildman–Crippen MR) is 331 cm³/mol. The van der Waals surface area contributed by atoms with Gasteiger partial charge in [0.1, 0.15) is 58.7 Å². The fraction of sp³-hybridized carbons (Fsp3) is 0.828. The number of carboxylic acid groups (broad SMARTS) is 1. The molecule has 0 fully saturated rings. The Hall–Kier alpha value is -6.03. The Labute approximate surface area is 519 Å². The van der Waals surface area contributed by atoms with E-state index < -0.39 is 112 Å². The van der Waals surface area contributed by atoms with Gasteiger partial charge in [0, 0.05) is 38.6 Å². The summed E-state index contributed by atoms with van der Waals surface area (Å²) in [6.07, 6.45) is 16.6.